The van der Waals surface area contributed by atoms with Crippen molar-refractivity contribution >= 4 is 17.4 Å². The van der Waals surface area contributed by atoms with Gasteiger partial charge in [0.25, 0.3) is 11.5 Å². The van der Waals surface area contributed by atoms with Crippen molar-refractivity contribution in [2.75, 3.05) is 17.2 Å². The first kappa shape index (κ1) is 22.0. The van der Waals surface area contributed by atoms with Gasteiger partial charge in [0, 0.05) is 12.1 Å². The number of aromatic nitrogens is 2. The van der Waals surface area contributed by atoms with E-state index < -0.39 is 23.0 Å². The molecular formula is C23H25FN4O3. The minimum atomic E-state index is -0.744. The van der Waals surface area contributed by atoms with Crippen LogP contribution >= 0.6 is 0 Å². The molecule has 0 spiro atoms. The number of nitrogens with zero attached hydrogens (tertiary/aromatic N) is 2. The Kier molecular flexibility index (Phi) is 6.69. The van der Waals surface area contributed by atoms with Crippen LogP contribution in [0.3, 0.4) is 0 Å². The maximum absolute atomic E-state index is 13.3. The fraction of sp³-hybridized carbons (Fsp3) is 0.261. The number of carbonyl (C=O) groups is 1. The number of nitrogen functional groups attached to an aromatic ring is 1. The van der Waals surface area contributed by atoms with Gasteiger partial charge in [0.2, 0.25) is 0 Å². The number of nitrogens with two attached hydrogens (primary N) is 1. The van der Waals surface area contributed by atoms with Gasteiger partial charge in [0.1, 0.15) is 11.6 Å². The molecule has 3 N–H and O–H groups in total. The molecule has 0 fully saturated rings. The largest absolute Gasteiger partial charge is 0.383 e. The van der Waals surface area contributed by atoms with Gasteiger partial charge in [-0.15, -0.1) is 0 Å². The van der Waals surface area contributed by atoms with E-state index in [1.165, 1.54) is 33.7 Å². The van der Waals surface area contributed by atoms with Crippen molar-refractivity contribution in [1.29, 1.82) is 0 Å². The van der Waals surface area contributed by atoms with Gasteiger partial charge in [-0.05, 0) is 42.2 Å². The monoisotopic (exact) mass is 424 g/mol. The van der Waals surface area contributed by atoms with Gasteiger partial charge >= 0.3 is 5.69 Å². The molecule has 0 saturated heterocycles. The first-order chi connectivity index (χ1) is 14.8. The number of anilines is 2. The number of benzene rings is 2. The zero-order valence-electron chi connectivity index (χ0n) is 17.5. The van der Waals surface area contributed by atoms with Crippen LogP contribution in [-0.2, 0) is 6.54 Å². The molecule has 31 heavy (non-hydrogen) atoms. The number of H-pyrrole nitrogens is 1. The molecule has 8 heteroatoms. The summed E-state index contributed by atoms with van der Waals surface area (Å²) in [5.41, 5.74) is 5.80. The molecule has 162 valence electrons. The summed E-state index contributed by atoms with van der Waals surface area (Å²) in [4.78, 5) is 42.0. The molecule has 1 amide bonds. The third-order valence-corrected chi connectivity index (χ3v) is 4.93. The average Bonchev–Trinajstić information content (AvgIpc) is 2.74. The fourth-order valence-electron chi connectivity index (χ4n) is 3.21. The molecule has 0 radical (unpaired) electrons. The zero-order chi connectivity index (χ0) is 22.5. The molecular weight excluding hydrogens is 399 g/mol. The first-order valence-corrected chi connectivity index (χ1v) is 10.0. The minimum absolute atomic E-state index is 0.0921. The Morgan fingerprint density at radius 3 is 2.35 bits per heavy atom. The normalized spacial score (nSPS) is 11.0. The Hall–Kier alpha value is -3.68. The third kappa shape index (κ3) is 5.09. The van der Waals surface area contributed by atoms with Crippen LogP contribution in [0, 0.1) is 11.7 Å². The van der Waals surface area contributed by atoms with Crippen LogP contribution in [0.5, 0.6) is 0 Å². The summed E-state index contributed by atoms with van der Waals surface area (Å²) in [6.45, 7) is 4.33. The van der Waals surface area contributed by atoms with E-state index in [0.717, 1.165) is 5.56 Å². The highest BCUT2D eigenvalue weighted by atomic mass is 19.1. The van der Waals surface area contributed by atoms with Crippen molar-refractivity contribution in [3.05, 3.63) is 92.4 Å². The van der Waals surface area contributed by atoms with Crippen LogP contribution in [0.1, 0.15) is 36.2 Å². The van der Waals surface area contributed by atoms with Crippen LogP contribution < -0.4 is 21.9 Å². The summed E-state index contributed by atoms with van der Waals surface area (Å²) in [5, 5.41) is 0. The molecule has 0 bridgehead atoms. The molecule has 0 unspecified atom stereocenters. The van der Waals surface area contributed by atoms with Gasteiger partial charge in [0.15, 0.2) is 5.69 Å². The molecule has 2 aromatic carbocycles. The maximum atomic E-state index is 13.3. The standard InChI is InChI=1S/C23H25FN4O3/c1-15(2)12-13-27(22(30)17-8-10-18(24)11-9-17)19-20(25)28(23(31)26-21(19)29)14-16-6-4-3-5-7-16/h3-11,15H,12-14,25H2,1-2H3,(H,26,29,31). The van der Waals surface area contributed by atoms with Crippen LogP contribution in [0.4, 0.5) is 15.9 Å². The predicted molar refractivity (Wildman–Crippen MR) is 119 cm³/mol. The fourth-order valence-corrected chi connectivity index (χ4v) is 3.21. The summed E-state index contributed by atoms with van der Waals surface area (Å²) in [6.07, 6.45) is 0.601. The lowest BCUT2D eigenvalue weighted by molar-refractivity contribution is 0.0985. The van der Waals surface area contributed by atoms with E-state index in [1.807, 2.05) is 44.2 Å². The van der Waals surface area contributed by atoms with Crippen molar-refractivity contribution in [2.24, 2.45) is 5.92 Å². The van der Waals surface area contributed by atoms with E-state index in [1.54, 1.807) is 0 Å². The van der Waals surface area contributed by atoms with Gasteiger partial charge in [-0.2, -0.15) is 0 Å². The smallest absolute Gasteiger partial charge is 0.330 e. The number of rotatable bonds is 7. The van der Waals surface area contributed by atoms with Crippen LogP contribution in [0.25, 0.3) is 0 Å². The number of carbonyl (C=O) groups excluding carboxylic acids is 1. The van der Waals surface area contributed by atoms with E-state index in [0.29, 0.717) is 6.42 Å². The molecule has 0 saturated carbocycles. The van der Waals surface area contributed by atoms with E-state index in [2.05, 4.69) is 4.98 Å². The highest BCUT2D eigenvalue weighted by molar-refractivity contribution is 6.07. The highest BCUT2D eigenvalue weighted by Crippen LogP contribution is 2.21. The summed E-state index contributed by atoms with van der Waals surface area (Å²) in [6, 6.07) is 14.2. The highest BCUT2D eigenvalue weighted by Gasteiger charge is 2.25. The van der Waals surface area contributed by atoms with E-state index >= 15 is 0 Å². The SMILES string of the molecule is CC(C)CCN(C(=O)c1ccc(F)cc1)c1c(N)n(Cc2ccccc2)c(=O)[nH]c1=O. The number of hydrogen-bond donors (Lipinski definition) is 2. The summed E-state index contributed by atoms with van der Waals surface area (Å²) >= 11 is 0. The lowest BCUT2D eigenvalue weighted by Crippen LogP contribution is -2.42. The number of nitrogens with one attached hydrogen (secondary N) is 1. The zero-order valence-corrected chi connectivity index (χ0v) is 17.5. The van der Waals surface area contributed by atoms with Gasteiger partial charge in [-0.1, -0.05) is 44.2 Å². The topological polar surface area (TPSA) is 101 Å². The average molecular weight is 424 g/mol. The summed E-state index contributed by atoms with van der Waals surface area (Å²) < 4.78 is 14.6. The van der Waals surface area contributed by atoms with Crippen LogP contribution in [0.2, 0.25) is 0 Å². The lowest BCUT2D eigenvalue weighted by atomic mass is 10.1. The molecule has 3 aromatic rings. The Labute approximate surface area is 178 Å². The second-order valence-corrected chi connectivity index (χ2v) is 7.71. The molecule has 7 nitrogen and oxygen atoms in total. The van der Waals surface area contributed by atoms with Crippen LogP contribution in [0.15, 0.2) is 64.2 Å². The molecule has 0 aliphatic rings. The second kappa shape index (κ2) is 9.42. The molecule has 1 aromatic heterocycles. The van der Waals surface area contributed by atoms with Crippen molar-refractivity contribution in [3.63, 3.8) is 0 Å². The second-order valence-electron chi connectivity index (χ2n) is 7.71. The van der Waals surface area contributed by atoms with Crippen molar-refractivity contribution in [3.8, 4) is 0 Å². The number of amides is 1. The van der Waals surface area contributed by atoms with E-state index in [-0.39, 0.29) is 36.1 Å². The molecule has 3 rings (SSSR count). The number of aromatic amines is 1. The Bertz CT molecular complexity index is 1170. The van der Waals surface area contributed by atoms with Gasteiger partial charge in [-0.25, -0.2) is 9.18 Å². The maximum Gasteiger partial charge on any atom is 0.330 e. The Morgan fingerprint density at radius 2 is 1.74 bits per heavy atom. The van der Waals surface area contributed by atoms with E-state index in [4.69, 9.17) is 5.73 Å². The molecule has 1 heterocycles. The summed E-state index contributed by atoms with van der Waals surface area (Å²) in [7, 11) is 0. The predicted octanol–water partition coefficient (Wildman–Crippen LogP) is 3.00. The Morgan fingerprint density at radius 1 is 1.10 bits per heavy atom. The lowest BCUT2D eigenvalue weighted by Gasteiger charge is -2.25. The summed E-state index contributed by atoms with van der Waals surface area (Å²) in [5.74, 6) is -0.822. The number of halogens is 1. The first-order valence-electron chi connectivity index (χ1n) is 10.0. The van der Waals surface area contributed by atoms with Gasteiger partial charge in [0.05, 0.1) is 6.54 Å². The van der Waals surface area contributed by atoms with Gasteiger partial charge in [-0.3, -0.25) is 19.1 Å². The van der Waals surface area contributed by atoms with Crippen LogP contribution in [-0.4, -0.2) is 22.0 Å². The van der Waals surface area contributed by atoms with E-state index in [9.17, 15) is 18.8 Å². The van der Waals surface area contributed by atoms with Gasteiger partial charge < -0.3 is 10.6 Å². The number of hydrogen-bond acceptors (Lipinski definition) is 4. The molecule has 0 aliphatic heterocycles. The van der Waals surface area contributed by atoms with Crippen molar-refractivity contribution in [1.82, 2.24) is 9.55 Å². The quantitative estimate of drug-likeness (QED) is 0.609. The van der Waals surface area contributed by atoms with Crippen molar-refractivity contribution in [2.45, 2.75) is 26.8 Å². The third-order valence-electron chi connectivity index (χ3n) is 4.93. The molecule has 0 atom stereocenters. The Balaban J connectivity index is 2.10. The van der Waals surface area contributed by atoms with Crippen molar-refractivity contribution < 1.29 is 9.18 Å². The molecule has 0 aliphatic carbocycles. The minimum Gasteiger partial charge on any atom is -0.383 e.